The van der Waals surface area contributed by atoms with Gasteiger partial charge in [0.1, 0.15) is 5.75 Å². The van der Waals surface area contributed by atoms with Crippen LogP contribution in [0.5, 0.6) is 5.75 Å². The van der Waals surface area contributed by atoms with Gasteiger partial charge in [-0.15, -0.1) is 13.2 Å². The van der Waals surface area contributed by atoms with E-state index in [0.717, 1.165) is 12.1 Å². The van der Waals surface area contributed by atoms with Crippen LogP contribution in [0.25, 0.3) is 10.9 Å². The van der Waals surface area contributed by atoms with Crippen LogP contribution in [0.1, 0.15) is 36.8 Å². The number of alkyl halides is 3. The topological polar surface area (TPSA) is 59.4 Å². The van der Waals surface area contributed by atoms with Crippen molar-refractivity contribution < 1.29 is 27.8 Å². The Morgan fingerprint density at radius 1 is 1.18 bits per heavy atom. The molecular formula is C15H14F3NO3. The molecule has 1 heterocycles. The third-order valence-electron chi connectivity index (χ3n) is 3.01. The monoisotopic (exact) mass is 313 g/mol. The number of aromatic nitrogens is 1. The number of halogens is 3. The molecule has 0 spiro atoms. The predicted molar refractivity (Wildman–Crippen MR) is 74.1 cm³/mol. The summed E-state index contributed by atoms with van der Waals surface area (Å²) in [6, 6.07) is 4.84. The van der Waals surface area contributed by atoms with E-state index in [4.69, 9.17) is 0 Å². The number of carboxylic acids is 1. The normalized spacial score (nSPS) is 12.5. The number of carbonyl (C=O) groups is 1. The fourth-order valence-corrected chi connectivity index (χ4v) is 1.96. The summed E-state index contributed by atoms with van der Waals surface area (Å²) >= 11 is 0. The summed E-state index contributed by atoms with van der Waals surface area (Å²) < 4.78 is 40.6. The van der Waals surface area contributed by atoms with E-state index in [-0.39, 0.29) is 16.4 Å². The van der Waals surface area contributed by atoms with E-state index in [1.165, 1.54) is 12.1 Å². The Balaban J connectivity index is 2.66. The van der Waals surface area contributed by atoms with Gasteiger partial charge in [-0.3, -0.25) is 4.98 Å². The zero-order chi connectivity index (χ0) is 16.7. The second kappa shape index (κ2) is 5.15. The summed E-state index contributed by atoms with van der Waals surface area (Å²) in [5, 5.41) is 9.40. The van der Waals surface area contributed by atoms with Gasteiger partial charge < -0.3 is 9.84 Å². The first-order valence-corrected chi connectivity index (χ1v) is 6.42. The van der Waals surface area contributed by atoms with Crippen molar-refractivity contribution >= 4 is 16.9 Å². The quantitative estimate of drug-likeness (QED) is 0.905. The Bertz CT molecular complexity index is 733. The molecule has 7 heteroatoms. The molecule has 0 bridgehead atoms. The van der Waals surface area contributed by atoms with Gasteiger partial charge in [0.25, 0.3) is 0 Å². The van der Waals surface area contributed by atoms with Gasteiger partial charge in [-0.1, -0.05) is 20.8 Å². The van der Waals surface area contributed by atoms with Crippen LogP contribution in [0.4, 0.5) is 13.2 Å². The zero-order valence-corrected chi connectivity index (χ0v) is 12.2. The summed E-state index contributed by atoms with van der Waals surface area (Å²) in [6.07, 6.45) is -4.84. The minimum absolute atomic E-state index is 0.0993. The minimum Gasteiger partial charge on any atom is -0.478 e. The van der Waals surface area contributed by atoms with Crippen LogP contribution >= 0.6 is 0 Å². The lowest BCUT2D eigenvalue weighted by Crippen LogP contribution is -2.17. The van der Waals surface area contributed by atoms with Gasteiger partial charge in [0.05, 0.1) is 11.1 Å². The van der Waals surface area contributed by atoms with E-state index in [1.807, 2.05) is 20.8 Å². The van der Waals surface area contributed by atoms with Gasteiger partial charge in [0.15, 0.2) is 0 Å². The molecule has 0 amide bonds. The zero-order valence-electron chi connectivity index (χ0n) is 12.2. The van der Waals surface area contributed by atoms with Crippen LogP contribution in [0, 0.1) is 0 Å². The minimum atomic E-state index is -4.84. The molecule has 2 aromatic rings. The van der Waals surface area contributed by atoms with E-state index in [0.29, 0.717) is 11.2 Å². The first-order valence-electron chi connectivity index (χ1n) is 6.42. The molecule has 2 rings (SSSR count). The van der Waals surface area contributed by atoms with Crippen molar-refractivity contribution in [2.45, 2.75) is 32.5 Å². The van der Waals surface area contributed by atoms with Crippen LogP contribution in [-0.2, 0) is 5.41 Å². The Hall–Kier alpha value is -2.31. The maximum absolute atomic E-state index is 12.3. The highest BCUT2D eigenvalue weighted by Gasteiger charge is 2.31. The van der Waals surface area contributed by atoms with Gasteiger partial charge in [-0.05, 0) is 24.3 Å². The molecule has 1 N–H and O–H groups in total. The molecule has 0 radical (unpaired) electrons. The molecule has 4 nitrogen and oxygen atoms in total. The van der Waals surface area contributed by atoms with Crippen molar-refractivity contribution in [1.29, 1.82) is 0 Å². The van der Waals surface area contributed by atoms with E-state index < -0.39 is 18.1 Å². The molecule has 0 saturated heterocycles. The molecule has 0 aliphatic rings. The summed E-state index contributed by atoms with van der Waals surface area (Å²) in [4.78, 5) is 15.7. The highest BCUT2D eigenvalue weighted by Crippen LogP contribution is 2.30. The Kier molecular flexibility index (Phi) is 3.76. The van der Waals surface area contributed by atoms with Crippen LogP contribution in [-0.4, -0.2) is 22.4 Å². The largest absolute Gasteiger partial charge is 0.573 e. The molecule has 0 aliphatic heterocycles. The Morgan fingerprint density at radius 2 is 1.82 bits per heavy atom. The van der Waals surface area contributed by atoms with Gasteiger partial charge in [0, 0.05) is 16.5 Å². The van der Waals surface area contributed by atoms with Crippen molar-refractivity contribution in [1.82, 2.24) is 4.98 Å². The van der Waals surface area contributed by atoms with Crippen molar-refractivity contribution in [3.8, 4) is 5.75 Å². The van der Waals surface area contributed by atoms with Crippen LogP contribution in [0.15, 0.2) is 24.3 Å². The second-order valence-electron chi connectivity index (χ2n) is 5.84. The summed E-state index contributed by atoms with van der Waals surface area (Å²) in [5.41, 5.74) is 0.350. The van der Waals surface area contributed by atoms with E-state index >= 15 is 0 Å². The second-order valence-corrected chi connectivity index (χ2v) is 5.84. The number of fused-ring (bicyclic) bond motifs is 1. The first-order chi connectivity index (χ1) is 9.97. The van der Waals surface area contributed by atoms with Gasteiger partial charge in [-0.2, -0.15) is 0 Å². The summed E-state index contributed by atoms with van der Waals surface area (Å²) in [5.74, 6) is -1.71. The average molecular weight is 313 g/mol. The van der Waals surface area contributed by atoms with E-state index in [9.17, 15) is 23.1 Å². The molecule has 0 unspecified atom stereocenters. The molecular weight excluding hydrogens is 299 g/mol. The van der Waals surface area contributed by atoms with Crippen molar-refractivity contribution in [3.05, 3.63) is 35.5 Å². The Labute approximate surface area is 124 Å². The molecule has 0 fully saturated rings. The number of nitrogens with zero attached hydrogens (tertiary/aromatic N) is 1. The molecule has 0 aliphatic carbocycles. The van der Waals surface area contributed by atoms with E-state index in [1.54, 1.807) is 0 Å². The molecule has 22 heavy (non-hydrogen) atoms. The number of hydrogen-bond donors (Lipinski definition) is 1. The van der Waals surface area contributed by atoms with Crippen molar-refractivity contribution in [2.75, 3.05) is 0 Å². The number of hydrogen-bond acceptors (Lipinski definition) is 3. The number of benzene rings is 1. The lowest BCUT2D eigenvalue weighted by molar-refractivity contribution is -0.274. The number of carboxylic acid groups (broad SMARTS) is 1. The first kappa shape index (κ1) is 16.1. The number of rotatable bonds is 2. The van der Waals surface area contributed by atoms with Crippen LogP contribution in [0.3, 0.4) is 0 Å². The maximum atomic E-state index is 12.3. The van der Waals surface area contributed by atoms with Gasteiger partial charge in [0.2, 0.25) is 0 Å². The lowest BCUT2D eigenvalue weighted by Gasteiger charge is -2.19. The Morgan fingerprint density at radius 3 is 2.32 bits per heavy atom. The maximum Gasteiger partial charge on any atom is 0.573 e. The lowest BCUT2D eigenvalue weighted by atomic mass is 9.90. The molecule has 1 aromatic heterocycles. The third kappa shape index (κ3) is 3.47. The summed E-state index contributed by atoms with van der Waals surface area (Å²) in [6.45, 7) is 5.61. The predicted octanol–water partition coefficient (Wildman–Crippen LogP) is 4.13. The molecule has 118 valence electrons. The van der Waals surface area contributed by atoms with E-state index in [2.05, 4.69) is 9.72 Å². The SMILES string of the molecule is CC(C)(C)c1cc(C(=O)O)c2cc(OC(F)(F)F)ccc2n1. The number of pyridine rings is 1. The van der Waals surface area contributed by atoms with Crippen LogP contribution < -0.4 is 4.74 Å². The highest BCUT2D eigenvalue weighted by atomic mass is 19.4. The molecule has 1 aromatic carbocycles. The van der Waals surface area contributed by atoms with Crippen LogP contribution in [0.2, 0.25) is 0 Å². The summed E-state index contributed by atoms with van der Waals surface area (Å²) in [7, 11) is 0. The van der Waals surface area contributed by atoms with Gasteiger partial charge >= 0.3 is 12.3 Å². The third-order valence-corrected chi connectivity index (χ3v) is 3.01. The molecule has 0 atom stereocenters. The smallest absolute Gasteiger partial charge is 0.478 e. The average Bonchev–Trinajstić information content (AvgIpc) is 2.34. The number of aromatic carboxylic acids is 1. The van der Waals surface area contributed by atoms with Gasteiger partial charge in [-0.25, -0.2) is 4.79 Å². The standard InChI is InChI=1S/C15H14F3NO3/c1-14(2,3)12-7-10(13(20)21)9-6-8(22-15(16,17)18)4-5-11(9)19-12/h4-7H,1-3H3,(H,20,21). The highest BCUT2D eigenvalue weighted by molar-refractivity contribution is 6.03. The fourth-order valence-electron chi connectivity index (χ4n) is 1.96. The molecule has 0 saturated carbocycles. The number of ether oxygens (including phenoxy) is 1. The fraction of sp³-hybridized carbons (Fsp3) is 0.333. The van der Waals surface area contributed by atoms with Crippen molar-refractivity contribution in [3.63, 3.8) is 0 Å². The van der Waals surface area contributed by atoms with Crippen molar-refractivity contribution in [2.24, 2.45) is 0 Å².